The fraction of sp³-hybridized carbons (Fsp3) is 0.370. The first-order valence-corrected chi connectivity index (χ1v) is 12.4. The van der Waals surface area contributed by atoms with E-state index >= 15 is 0 Å². The number of β-amino-alcohol motifs (C(OH)–C–C–N with tert-alkyl or cyclic N) is 1. The standard InChI is InChI=1S/C27H28F2N6O2/c1-15-7-21-23(33(3)27(15)37)10-24(34-13-18(36)14-34)31-26(21)35-6-4-5-16-8-19(17-11-30-32(2)12-17)20(25(28)29)9-22(16)35/h7-12,18,25,36H,4-6,13-14H2,1-3H3. The van der Waals surface area contributed by atoms with Crippen LogP contribution in [0, 0.1) is 6.92 Å². The zero-order valence-electron chi connectivity index (χ0n) is 20.9. The SMILES string of the molecule is Cc1cc2c(N3CCCc4cc(-c5cnn(C)c5)c(C(F)F)cc43)nc(N3CC(O)C3)cc2n(C)c1=O. The summed E-state index contributed by atoms with van der Waals surface area (Å²) in [5, 5.41) is 14.8. The Morgan fingerprint density at radius 3 is 2.59 bits per heavy atom. The molecule has 0 atom stereocenters. The van der Waals surface area contributed by atoms with Crippen LogP contribution in [0.3, 0.4) is 0 Å². The number of fused-ring (bicyclic) bond motifs is 2. The number of pyridine rings is 2. The summed E-state index contributed by atoms with van der Waals surface area (Å²) in [6.45, 7) is 3.29. The molecule has 8 nitrogen and oxygen atoms in total. The third kappa shape index (κ3) is 3.87. The van der Waals surface area contributed by atoms with Crippen molar-refractivity contribution in [3.63, 3.8) is 0 Å². The predicted molar refractivity (Wildman–Crippen MR) is 139 cm³/mol. The van der Waals surface area contributed by atoms with Gasteiger partial charge in [-0.3, -0.25) is 9.48 Å². The minimum Gasteiger partial charge on any atom is -0.389 e. The van der Waals surface area contributed by atoms with Gasteiger partial charge in [0, 0.05) is 73.8 Å². The molecule has 0 radical (unpaired) electrons. The highest BCUT2D eigenvalue weighted by atomic mass is 19.3. The van der Waals surface area contributed by atoms with E-state index in [2.05, 4.69) is 5.10 Å². The second-order valence-corrected chi connectivity index (χ2v) is 10.0. The Morgan fingerprint density at radius 2 is 1.92 bits per heavy atom. The van der Waals surface area contributed by atoms with Crippen LogP contribution in [0.2, 0.25) is 0 Å². The first-order valence-electron chi connectivity index (χ1n) is 12.4. The van der Waals surface area contributed by atoms with E-state index in [4.69, 9.17) is 4.98 Å². The molecule has 1 aromatic carbocycles. The molecule has 4 aromatic rings. The number of nitrogens with zero attached hydrogens (tertiary/aromatic N) is 6. The lowest BCUT2D eigenvalue weighted by atomic mass is 9.93. The van der Waals surface area contributed by atoms with Crippen LogP contribution < -0.4 is 15.4 Å². The molecule has 10 heteroatoms. The summed E-state index contributed by atoms with van der Waals surface area (Å²) in [6.07, 6.45) is 1.86. The number of aliphatic hydroxyl groups is 1. The van der Waals surface area contributed by atoms with Crippen LogP contribution >= 0.6 is 0 Å². The zero-order chi connectivity index (χ0) is 26.0. The number of hydrogen-bond acceptors (Lipinski definition) is 6. The van der Waals surface area contributed by atoms with Gasteiger partial charge in [-0.1, -0.05) is 0 Å². The second kappa shape index (κ2) is 8.65. The maximum atomic E-state index is 14.4. The molecule has 1 fully saturated rings. The Morgan fingerprint density at radius 1 is 1.14 bits per heavy atom. The van der Waals surface area contributed by atoms with Gasteiger partial charge in [0.15, 0.2) is 0 Å². The Kier molecular flexibility index (Phi) is 5.52. The fourth-order valence-electron chi connectivity index (χ4n) is 5.45. The van der Waals surface area contributed by atoms with Gasteiger partial charge < -0.3 is 19.5 Å². The number of benzene rings is 1. The molecule has 0 amide bonds. The van der Waals surface area contributed by atoms with E-state index in [-0.39, 0.29) is 11.1 Å². The first-order chi connectivity index (χ1) is 17.7. The first kappa shape index (κ1) is 23.6. The lowest BCUT2D eigenvalue weighted by Crippen LogP contribution is -2.51. The molecule has 0 unspecified atom stereocenters. The molecule has 37 heavy (non-hydrogen) atoms. The average Bonchev–Trinajstić information content (AvgIpc) is 3.30. The van der Waals surface area contributed by atoms with Gasteiger partial charge >= 0.3 is 0 Å². The fourth-order valence-corrected chi connectivity index (χ4v) is 5.45. The van der Waals surface area contributed by atoms with Crippen molar-refractivity contribution >= 4 is 28.2 Å². The predicted octanol–water partition coefficient (Wildman–Crippen LogP) is 3.85. The molecular formula is C27H28F2N6O2. The lowest BCUT2D eigenvalue weighted by molar-refractivity contribution is 0.141. The zero-order valence-corrected chi connectivity index (χ0v) is 20.9. The summed E-state index contributed by atoms with van der Waals surface area (Å²) in [5.74, 6) is 1.28. The third-order valence-corrected chi connectivity index (χ3v) is 7.43. The van der Waals surface area contributed by atoms with E-state index in [1.54, 1.807) is 48.7 Å². The van der Waals surface area contributed by atoms with Gasteiger partial charge in [-0.25, -0.2) is 13.8 Å². The molecule has 192 valence electrons. The molecule has 6 rings (SSSR count). The van der Waals surface area contributed by atoms with Gasteiger partial charge in [-0.2, -0.15) is 5.10 Å². The molecule has 0 aliphatic carbocycles. The van der Waals surface area contributed by atoms with E-state index in [0.29, 0.717) is 59.2 Å². The highest BCUT2D eigenvalue weighted by Gasteiger charge is 2.30. The maximum Gasteiger partial charge on any atom is 0.264 e. The molecule has 2 aliphatic rings. The highest BCUT2D eigenvalue weighted by molar-refractivity contribution is 5.95. The monoisotopic (exact) mass is 506 g/mol. The molecule has 2 aliphatic heterocycles. The lowest BCUT2D eigenvalue weighted by Gasteiger charge is -2.38. The number of anilines is 3. The van der Waals surface area contributed by atoms with Crippen LogP contribution in [0.5, 0.6) is 0 Å². The molecule has 5 heterocycles. The molecular weight excluding hydrogens is 478 g/mol. The van der Waals surface area contributed by atoms with Crippen LogP contribution in [0.25, 0.3) is 22.0 Å². The van der Waals surface area contributed by atoms with E-state index in [0.717, 1.165) is 23.8 Å². The Bertz CT molecular complexity index is 1590. The van der Waals surface area contributed by atoms with Crippen LogP contribution in [0.1, 0.15) is 29.5 Å². The van der Waals surface area contributed by atoms with Crippen LogP contribution in [-0.2, 0) is 20.5 Å². The normalized spacial score (nSPS) is 16.0. The van der Waals surface area contributed by atoms with Crippen molar-refractivity contribution in [3.05, 3.63) is 63.7 Å². The van der Waals surface area contributed by atoms with Gasteiger partial charge in [-0.05, 0) is 49.1 Å². The number of aromatic nitrogens is 4. The topological polar surface area (TPSA) is 79.4 Å². The Labute approximate surface area is 212 Å². The quantitative estimate of drug-likeness (QED) is 0.453. The van der Waals surface area contributed by atoms with Crippen molar-refractivity contribution < 1.29 is 13.9 Å². The van der Waals surface area contributed by atoms with E-state index < -0.39 is 12.5 Å². The number of halogens is 2. The van der Waals surface area contributed by atoms with Crippen LogP contribution in [0.15, 0.2) is 41.5 Å². The van der Waals surface area contributed by atoms with E-state index in [1.807, 2.05) is 28.0 Å². The minimum absolute atomic E-state index is 0.0476. The Hall–Kier alpha value is -3.79. The summed E-state index contributed by atoms with van der Waals surface area (Å²) in [7, 11) is 3.50. The van der Waals surface area contributed by atoms with E-state index in [1.165, 1.54) is 0 Å². The number of alkyl halides is 2. The average molecular weight is 507 g/mol. The molecule has 1 saturated heterocycles. The van der Waals surface area contributed by atoms with Crippen LogP contribution in [0.4, 0.5) is 26.1 Å². The number of hydrogen-bond donors (Lipinski definition) is 1. The summed E-state index contributed by atoms with van der Waals surface area (Å²) < 4.78 is 31.9. The maximum absolute atomic E-state index is 14.4. The second-order valence-electron chi connectivity index (χ2n) is 10.0. The Balaban J connectivity index is 1.57. The molecule has 3 aromatic heterocycles. The number of rotatable bonds is 4. The number of aliphatic hydroxyl groups excluding tert-OH is 1. The summed E-state index contributed by atoms with van der Waals surface area (Å²) in [6, 6.07) is 7.15. The van der Waals surface area contributed by atoms with Gasteiger partial charge in [0.25, 0.3) is 12.0 Å². The van der Waals surface area contributed by atoms with Crippen molar-refractivity contribution in [2.75, 3.05) is 29.4 Å². The van der Waals surface area contributed by atoms with Crippen molar-refractivity contribution in [1.82, 2.24) is 19.3 Å². The van der Waals surface area contributed by atoms with Gasteiger partial charge in [0.05, 0.1) is 17.8 Å². The minimum atomic E-state index is -2.66. The summed E-state index contributed by atoms with van der Waals surface area (Å²) >= 11 is 0. The van der Waals surface area contributed by atoms with Crippen molar-refractivity contribution in [2.24, 2.45) is 14.1 Å². The van der Waals surface area contributed by atoms with Crippen molar-refractivity contribution in [2.45, 2.75) is 32.3 Å². The van der Waals surface area contributed by atoms with Crippen LogP contribution in [-0.4, -0.2) is 50.2 Å². The van der Waals surface area contributed by atoms with Gasteiger partial charge in [-0.15, -0.1) is 0 Å². The molecule has 1 N–H and O–H groups in total. The smallest absolute Gasteiger partial charge is 0.264 e. The third-order valence-electron chi connectivity index (χ3n) is 7.43. The van der Waals surface area contributed by atoms with Crippen molar-refractivity contribution in [1.29, 1.82) is 0 Å². The highest BCUT2D eigenvalue weighted by Crippen LogP contribution is 2.43. The largest absolute Gasteiger partial charge is 0.389 e. The number of aryl methyl sites for hydroxylation is 4. The molecule has 0 bridgehead atoms. The summed E-state index contributed by atoms with van der Waals surface area (Å²) in [4.78, 5) is 21.7. The van der Waals surface area contributed by atoms with Gasteiger partial charge in [0.1, 0.15) is 11.6 Å². The summed E-state index contributed by atoms with van der Waals surface area (Å²) in [5.41, 5.74) is 3.97. The molecule has 0 saturated carbocycles. The molecule has 0 spiro atoms. The van der Waals surface area contributed by atoms with E-state index in [9.17, 15) is 18.7 Å². The van der Waals surface area contributed by atoms with Gasteiger partial charge in [0.2, 0.25) is 0 Å². The van der Waals surface area contributed by atoms with Crippen molar-refractivity contribution in [3.8, 4) is 11.1 Å².